The Labute approximate surface area is 171 Å². The normalized spacial score (nSPS) is 15.2. The second-order valence-electron chi connectivity index (χ2n) is 7.61. The van der Waals surface area contributed by atoms with Crippen LogP contribution in [0.3, 0.4) is 0 Å². The van der Waals surface area contributed by atoms with Crippen molar-refractivity contribution in [2.24, 2.45) is 0 Å². The van der Waals surface area contributed by atoms with E-state index >= 15 is 0 Å². The zero-order valence-electron chi connectivity index (χ0n) is 17.0. The number of likely N-dealkylation sites (N-methyl/N-ethyl adjacent to an activating group) is 1. The predicted molar refractivity (Wildman–Crippen MR) is 114 cm³/mol. The summed E-state index contributed by atoms with van der Waals surface area (Å²) in [6, 6.07) is 14.7. The molecule has 1 atom stereocenters. The van der Waals surface area contributed by atoms with Gasteiger partial charge in [-0.15, -0.1) is 0 Å². The Kier molecular flexibility index (Phi) is 6.82. The lowest BCUT2D eigenvalue weighted by atomic mass is 10.1. The standard InChI is InChI=1S/C22H28N4O3/c1-24(2)21(17-9-5-3-6-10-17)16-23-22(27)18-11-12-19(20(15-18)26(28)29)25-13-7-4-8-14-25/h3,5-6,9-12,15,21H,4,7-8,13-14,16H2,1-2H3,(H,23,27)/t21-/m0/s1. The van der Waals surface area contributed by atoms with Crippen molar-refractivity contribution in [3.05, 3.63) is 69.8 Å². The molecule has 1 N–H and O–H groups in total. The highest BCUT2D eigenvalue weighted by Gasteiger charge is 2.23. The van der Waals surface area contributed by atoms with E-state index in [4.69, 9.17) is 0 Å². The third kappa shape index (κ3) is 5.12. The molecule has 0 saturated carbocycles. The Morgan fingerprint density at radius 3 is 2.45 bits per heavy atom. The van der Waals surface area contributed by atoms with Crippen LogP contribution in [0, 0.1) is 10.1 Å². The molecule has 1 aliphatic heterocycles. The van der Waals surface area contributed by atoms with E-state index in [1.54, 1.807) is 12.1 Å². The van der Waals surface area contributed by atoms with Crippen molar-refractivity contribution in [3.63, 3.8) is 0 Å². The summed E-state index contributed by atoms with van der Waals surface area (Å²) >= 11 is 0. The first-order valence-electron chi connectivity index (χ1n) is 10.0. The van der Waals surface area contributed by atoms with Crippen LogP contribution in [0.1, 0.15) is 41.2 Å². The topological polar surface area (TPSA) is 78.7 Å². The number of amides is 1. The number of nitrogens with one attached hydrogen (secondary N) is 1. The number of carbonyl (C=O) groups excluding carboxylic acids is 1. The monoisotopic (exact) mass is 396 g/mol. The summed E-state index contributed by atoms with van der Waals surface area (Å²) in [5.41, 5.74) is 2.00. The predicted octanol–water partition coefficient (Wildman–Crippen LogP) is 3.62. The molecule has 1 saturated heterocycles. The van der Waals surface area contributed by atoms with Crippen molar-refractivity contribution in [2.45, 2.75) is 25.3 Å². The summed E-state index contributed by atoms with van der Waals surface area (Å²) in [5.74, 6) is -0.305. The first kappa shape index (κ1) is 20.8. The van der Waals surface area contributed by atoms with Crippen molar-refractivity contribution in [1.82, 2.24) is 10.2 Å². The van der Waals surface area contributed by atoms with Crippen LogP contribution < -0.4 is 10.2 Å². The summed E-state index contributed by atoms with van der Waals surface area (Å²) in [6.07, 6.45) is 3.22. The molecule has 1 heterocycles. The zero-order chi connectivity index (χ0) is 20.8. The van der Waals surface area contributed by atoms with Crippen LogP contribution in [0.2, 0.25) is 0 Å². The molecule has 3 rings (SSSR count). The van der Waals surface area contributed by atoms with Gasteiger partial charge in [0.05, 0.1) is 11.0 Å². The highest BCUT2D eigenvalue weighted by atomic mass is 16.6. The van der Waals surface area contributed by atoms with E-state index in [0.717, 1.165) is 37.9 Å². The van der Waals surface area contributed by atoms with Gasteiger partial charge >= 0.3 is 0 Å². The Morgan fingerprint density at radius 2 is 1.83 bits per heavy atom. The van der Waals surface area contributed by atoms with E-state index < -0.39 is 4.92 Å². The minimum absolute atomic E-state index is 0.00762. The molecule has 1 aliphatic rings. The molecule has 1 fully saturated rings. The van der Waals surface area contributed by atoms with Crippen molar-refractivity contribution >= 4 is 17.3 Å². The quantitative estimate of drug-likeness (QED) is 0.571. The second-order valence-corrected chi connectivity index (χ2v) is 7.61. The van der Waals surface area contributed by atoms with Gasteiger partial charge in [-0.3, -0.25) is 14.9 Å². The van der Waals surface area contributed by atoms with Gasteiger partial charge in [-0.1, -0.05) is 30.3 Å². The highest BCUT2D eigenvalue weighted by Crippen LogP contribution is 2.31. The number of rotatable bonds is 7. The molecule has 0 bridgehead atoms. The van der Waals surface area contributed by atoms with Crippen LogP contribution in [0.5, 0.6) is 0 Å². The molecule has 7 heteroatoms. The lowest BCUT2D eigenvalue weighted by molar-refractivity contribution is -0.384. The van der Waals surface area contributed by atoms with Crippen molar-refractivity contribution < 1.29 is 9.72 Å². The molecule has 0 radical (unpaired) electrons. The van der Waals surface area contributed by atoms with Crippen LogP contribution in [-0.2, 0) is 0 Å². The molecule has 0 aliphatic carbocycles. The number of nitro benzene ring substituents is 1. The van der Waals surface area contributed by atoms with Crippen LogP contribution in [0.25, 0.3) is 0 Å². The maximum absolute atomic E-state index is 12.7. The highest BCUT2D eigenvalue weighted by molar-refractivity contribution is 5.95. The van der Waals surface area contributed by atoms with E-state index in [1.807, 2.05) is 54.2 Å². The number of piperidine rings is 1. The second kappa shape index (κ2) is 9.52. The first-order valence-corrected chi connectivity index (χ1v) is 10.0. The molecular weight excluding hydrogens is 368 g/mol. The first-order chi connectivity index (χ1) is 14.0. The van der Waals surface area contributed by atoms with Crippen molar-refractivity contribution in [2.75, 3.05) is 38.6 Å². The number of benzene rings is 2. The molecule has 1 amide bonds. The third-order valence-corrected chi connectivity index (χ3v) is 5.39. The number of nitrogens with zero attached hydrogens (tertiary/aromatic N) is 3. The fourth-order valence-corrected chi connectivity index (χ4v) is 3.78. The lowest BCUT2D eigenvalue weighted by Crippen LogP contribution is -2.34. The van der Waals surface area contributed by atoms with Crippen LogP contribution >= 0.6 is 0 Å². The Hall–Kier alpha value is -2.93. The minimum atomic E-state index is -0.396. The maximum Gasteiger partial charge on any atom is 0.293 e. The van der Waals surface area contributed by atoms with Crippen molar-refractivity contribution in [3.8, 4) is 0 Å². The van der Waals surface area contributed by atoms with Crippen LogP contribution in [0.4, 0.5) is 11.4 Å². The van der Waals surface area contributed by atoms with Gasteiger partial charge in [-0.2, -0.15) is 0 Å². The van der Waals surface area contributed by atoms with Gasteiger partial charge in [-0.05, 0) is 51.1 Å². The van der Waals surface area contributed by atoms with Gasteiger partial charge in [0, 0.05) is 31.3 Å². The number of nitro groups is 1. The number of carbonyl (C=O) groups is 1. The van der Waals surface area contributed by atoms with E-state index in [0.29, 0.717) is 17.8 Å². The molecule has 29 heavy (non-hydrogen) atoms. The summed E-state index contributed by atoms with van der Waals surface area (Å²) in [6.45, 7) is 2.04. The molecule has 0 aromatic heterocycles. The summed E-state index contributed by atoms with van der Waals surface area (Å²) in [4.78, 5) is 28.0. The van der Waals surface area contributed by atoms with Crippen LogP contribution in [-0.4, -0.2) is 49.5 Å². The van der Waals surface area contributed by atoms with E-state index in [-0.39, 0.29) is 17.6 Å². The molecule has 2 aromatic carbocycles. The van der Waals surface area contributed by atoms with Crippen LogP contribution in [0.15, 0.2) is 48.5 Å². The Bertz CT molecular complexity index is 848. The lowest BCUT2D eigenvalue weighted by Gasteiger charge is -2.28. The average Bonchev–Trinajstić information content (AvgIpc) is 2.74. The van der Waals surface area contributed by atoms with Gasteiger partial charge in [0.25, 0.3) is 11.6 Å². The van der Waals surface area contributed by atoms with Crippen molar-refractivity contribution in [1.29, 1.82) is 0 Å². The molecule has 2 aromatic rings. The average molecular weight is 396 g/mol. The van der Waals surface area contributed by atoms with E-state index in [1.165, 1.54) is 6.07 Å². The molecule has 154 valence electrons. The molecule has 0 unspecified atom stereocenters. The molecule has 0 spiro atoms. The Morgan fingerprint density at radius 1 is 1.14 bits per heavy atom. The Balaban J connectivity index is 1.74. The van der Waals surface area contributed by atoms with E-state index in [9.17, 15) is 14.9 Å². The van der Waals surface area contributed by atoms with E-state index in [2.05, 4.69) is 5.32 Å². The zero-order valence-corrected chi connectivity index (χ0v) is 17.0. The molecular formula is C22H28N4O3. The fraction of sp³-hybridized carbons (Fsp3) is 0.409. The number of anilines is 1. The fourth-order valence-electron chi connectivity index (χ4n) is 3.78. The van der Waals surface area contributed by atoms with Gasteiger partial charge in [0.2, 0.25) is 0 Å². The summed E-state index contributed by atoms with van der Waals surface area (Å²) in [5, 5.41) is 14.5. The van der Waals surface area contributed by atoms with Gasteiger partial charge in [-0.25, -0.2) is 0 Å². The largest absolute Gasteiger partial charge is 0.366 e. The van der Waals surface area contributed by atoms with Gasteiger partial charge < -0.3 is 15.1 Å². The number of hydrogen-bond donors (Lipinski definition) is 1. The smallest absolute Gasteiger partial charge is 0.293 e. The molecule has 7 nitrogen and oxygen atoms in total. The summed E-state index contributed by atoms with van der Waals surface area (Å²) in [7, 11) is 3.92. The van der Waals surface area contributed by atoms with Gasteiger partial charge in [0.1, 0.15) is 5.69 Å². The maximum atomic E-state index is 12.7. The minimum Gasteiger partial charge on any atom is -0.366 e. The SMILES string of the molecule is CN(C)[C@@H](CNC(=O)c1ccc(N2CCCCC2)c([N+](=O)[O-])c1)c1ccccc1. The summed E-state index contributed by atoms with van der Waals surface area (Å²) < 4.78 is 0. The number of hydrogen-bond acceptors (Lipinski definition) is 5. The third-order valence-electron chi connectivity index (χ3n) is 5.39. The van der Waals surface area contributed by atoms with Gasteiger partial charge in [0.15, 0.2) is 0 Å².